The number of hydrogen-bond acceptors (Lipinski definition) is 4. The van der Waals surface area contributed by atoms with Crippen molar-refractivity contribution in [1.29, 1.82) is 5.26 Å². The molecule has 4 rings (SSSR count). The minimum atomic E-state index is -0.238. The van der Waals surface area contributed by atoms with Crippen LogP contribution >= 0.6 is 11.3 Å². The number of carbonyl (C=O) groups is 1. The van der Waals surface area contributed by atoms with Crippen LogP contribution in [0.3, 0.4) is 0 Å². The smallest absolute Gasteiger partial charge is 0.271 e. The van der Waals surface area contributed by atoms with Gasteiger partial charge in [-0.15, -0.1) is 11.3 Å². The zero-order valence-corrected chi connectivity index (χ0v) is 18.3. The summed E-state index contributed by atoms with van der Waals surface area (Å²) in [5, 5.41) is 15.0. The van der Waals surface area contributed by atoms with Crippen molar-refractivity contribution in [2.45, 2.75) is 46.5 Å². The van der Waals surface area contributed by atoms with Crippen molar-refractivity contribution in [3.05, 3.63) is 74.4 Å². The molecule has 152 valence electrons. The minimum absolute atomic E-state index is 0.238. The van der Waals surface area contributed by atoms with Crippen LogP contribution in [0.5, 0.6) is 0 Å². The van der Waals surface area contributed by atoms with Gasteiger partial charge in [0.1, 0.15) is 11.1 Å². The second kappa shape index (κ2) is 8.29. The number of hydrogen-bond donors (Lipinski definition) is 1. The topological polar surface area (TPSA) is 70.2 Å². The molecule has 1 aliphatic carbocycles. The summed E-state index contributed by atoms with van der Waals surface area (Å²) < 4.78 is 2.14. The molecule has 0 spiro atoms. The Kier molecular flexibility index (Phi) is 5.56. The summed E-state index contributed by atoms with van der Waals surface area (Å²) in [7, 11) is 0. The molecule has 0 saturated heterocycles. The third-order valence-corrected chi connectivity index (χ3v) is 6.90. The summed E-state index contributed by atoms with van der Waals surface area (Å²) in [5.41, 5.74) is 9.31. The number of aromatic nitrogens is 1. The van der Waals surface area contributed by atoms with Crippen LogP contribution in [-0.2, 0) is 12.8 Å². The van der Waals surface area contributed by atoms with E-state index in [-0.39, 0.29) is 5.91 Å². The molecule has 2 heterocycles. The SMILES string of the molecule is Cc1ccc(C(=O)N/N=C/c2cc(C)n(-c3sc4c(c3C#N)CCCC4)c2C)cc1. The lowest BCUT2D eigenvalue weighted by molar-refractivity contribution is 0.0955. The second-order valence-electron chi connectivity index (χ2n) is 7.73. The number of fused-ring (bicyclic) bond motifs is 1. The number of nitriles is 1. The van der Waals surface area contributed by atoms with Gasteiger partial charge in [0.15, 0.2) is 0 Å². The minimum Gasteiger partial charge on any atom is -0.308 e. The van der Waals surface area contributed by atoms with Crippen LogP contribution < -0.4 is 5.43 Å². The molecule has 1 aromatic carbocycles. The van der Waals surface area contributed by atoms with Gasteiger partial charge in [-0.05, 0) is 70.2 Å². The molecule has 0 atom stereocenters. The van der Waals surface area contributed by atoms with E-state index in [1.54, 1.807) is 29.7 Å². The first-order chi connectivity index (χ1) is 14.5. The largest absolute Gasteiger partial charge is 0.308 e. The fourth-order valence-corrected chi connectivity index (χ4v) is 5.44. The van der Waals surface area contributed by atoms with Crippen LogP contribution in [-0.4, -0.2) is 16.7 Å². The molecule has 1 N–H and O–H groups in total. The van der Waals surface area contributed by atoms with E-state index in [4.69, 9.17) is 0 Å². The van der Waals surface area contributed by atoms with Gasteiger partial charge in [-0.3, -0.25) is 4.79 Å². The van der Waals surface area contributed by atoms with Crippen LogP contribution in [0.15, 0.2) is 35.4 Å². The lowest BCUT2D eigenvalue weighted by Gasteiger charge is -2.10. The molecule has 2 aromatic heterocycles. The normalized spacial score (nSPS) is 13.3. The van der Waals surface area contributed by atoms with Gasteiger partial charge in [0.2, 0.25) is 0 Å². The first-order valence-electron chi connectivity index (χ1n) is 10.1. The molecular formula is C24H24N4OS. The Bertz CT molecular complexity index is 1180. The van der Waals surface area contributed by atoms with E-state index in [2.05, 4.69) is 21.2 Å². The molecule has 30 heavy (non-hydrogen) atoms. The van der Waals surface area contributed by atoms with Crippen LogP contribution in [0, 0.1) is 32.1 Å². The maximum absolute atomic E-state index is 12.3. The van der Waals surface area contributed by atoms with E-state index in [0.29, 0.717) is 5.56 Å². The van der Waals surface area contributed by atoms with Crippen molar-refractivity contribution in [1.82, 2.24) is 9.99 Å². The predicted molar refractivity (Wildman–Crippen MR) is 121 cm³/mol. The summed E-state index contributed by atoms with van der Waals surface area (Å²) in [6.45, 7) is 6.04. The second-order valence-corrected chi connectivity index (χ2v) is 8.81. The lowest BCUT2D eigenvalue weighted by Crippen LogP contribution is -2.17. The Labute approximate surface area is 180 Å². The predicted octanol–water partition coefficient (Wildman–Crippen LogP) is 4.98. The fourth-order valence-electron chi connectivity index (χ4n) is 3.99. The molecule has 0 saturated carbocycles. The number of carbonyl (C=O) groups excluding carboxylic acids is 1. The van der Waals surface area contributed by atoms with Crippen molar-refractivity contribution in [3.63, 3.8) is 0 Å². The summed E-state index contributed by atoms with van der Waals surface area (Å²) >= 11 is 1.73. The number of aryl methyl sites for hydroxylation is 3. The van der Waals surface area contributed by atoms with Crippen molar-refractivity contribution in [3.8, 4) is 11.1 Å². The molecule has 5 nitrogen and oxygen atoms in total. The number of amides is 1. The van der Waals surface area contributed by atoms with Crippen LogP contribution in [0.25, 0.3) is 5.00 Å². The van der Waals surface area contributed by atoms with E-state index in [1.807, 2.05) is 39.0 Å². The van der Waals surface area contributed by atoms with Crippen LogP contribution in [0.1, 0.15) is 61.7 Å². The monoisotopic (exact) mass is 416 g/mol. The number of thiophene rings is 1. The fraction of sp³-hybridized carbons (Fsp3) is 0.292. The van der Waals surface area contributed by atoms with E-state index >= 15 is 0 Å². The highest BCUT2D eigenvalue weighted by atomic mass is 32.1. The maximum Gasteiger partial charge on any atom is 0.271 e. The standard InChI is InChI=1S/C24H24N4OS/c1-15-8-10-18(11-9-15)23(29)27-26-14-19-12-16(2)28(17(19)3)24-21(13-25)20-6-4-5-7-22(20)30-24/h8-12,14H,4-7H2,1-3H3,(H,27,29)/b26-14+. The first-order valence-corrected chi connectivity index (χ1v) is 10.9. The van der Waals surface area contributed by atoms with Gasteiger partial charge in [-0.25, -0.2) is 5.43 Å². The average Bonchev–Trinajstić information content (AvgIpc) is 3.24. The molecule has 0 fully saturated rings. The first kappa shape index (κ1) is 20.1. The number of rotatable bonds is 4. The van der Waals surface area contributed by atoms with Crippen LogP contribution in [0.4, 0.5) is 0 Å². The molecular weight excluding hydrogens is 392 g/mol. The quantitative estimate of drug-likeness (QED) is 0.481. The van der Waals surface area contributed by atoms with Crippen molar-refractivity contribution < 1.29 is 4.79 Å². The van der Waals surface area contributed by atoms with Crippen molar-refractivity contribution >= 4 is 23.5 Å². The Morgan fingerprint density at radius 1 is 1.20 bits per heavy atom. The van der Waals surface area contributed by atoms with Gasteiger partial charge in [-0.2, -0.15) is 10.4 Å². The Morgan fingerprint density at radius 3 is 2.67 bits per heavy atom. The summed E-state index contributed by atoms with van der Waals surface area (Å²) in [4.78, 5) is 13.6. The number of nitrogens with zero attached hydrogens (tertiary/aromatic N) is 3. The molecule has 3 aromatic rings. The Morgan fingerprint density at radius 2 is 1.93 bits per heavy atom. The molecule has 0 bridgehead atoms. The van der Waals surface area contributed by atoms with Gasteiger partial charge >= 0.3 is 0 Å². The van der Waals surface area contributed by atoms with Gasteiger partial charge < -0.3 is 4.57 Å². The van der Waals surface area contributed by atoms with Crippen molar-refractivity contribution in [2.75, 3.05) is 0 Å². The Hall–Kier alpha value is -3.17. The average molecular weight is 417 g/mol. The summed E-state index contributed by atoms with van der Waals surface area (Å²) in [6.07, 6.45) is 6.07. The number of nitrogens with one attached hydrogen (secondary N) is 1. The number of hydrazone groups is 1. The zero-order chi connectivity index (χ0) is 21.3. The van der Waals surface area contributed by atoms with E-state index in [9.17, 15) is 10.1 Å². The summed E-state index contributed by atoms with van der Waals surface area (Å²) in [5.74, 6) is -0.238. The number of benzene rings is 1. The molecule has 1 amide bonds. The molecule has 0 aliphatic heterocycles. The van der Waals surface area contributed by atoms with E-state index < -0.39 is 0 Å². The van der Waals surface area contributed by atoms with E-state index in [0.717, 1.165) is 52.3 Å². The maximum atomic E-state index is 12.3. The molecule has 1 aliphatic rings. The zero-order valence-electron chi connectivity index (χ0n) is 17.5. The van der Waals surface area contributed by atoms with Gasteiger partial charge in [0.05, 0.1) is 11.8 Å². The van der Waals surface area contributed by atoms with Gasteiger partial charge in [0.25, 0.3) is 5.91 Å². The molecule has 0 radical (unpaired) electrons. The third kappa shape index (κ3) is 3.69. The van der Waals surface area contributed by atoms with E-state index in [1.165, 1.54) is 16.9 Å². The molecule has 0 unspecified atom stereocenters. The highest BCUT2D eigenvalue weighted by Gasteiger charge is 2.23. The Balaban J connectivity index is 1.59. The van der Waals surface area contributed by atoms with Crippen LogP contribution in [0.2, 0.25) is 0 Å². The highest BCUT2D eigenvalue weighted by Crippen LogP contribution is 2.38. The highest BCUT2D eigenvalue weighted by molar-refractivity contribution is 7.15. The lowest BCUT2D eigenvalue weighted by atomic mass is 9.96. The molecule has 6 heteroatoms. The third-order valence-electron chi connectivity index (χ3n) is 5.62. The van der Waals surface area contributed by atoms with Crippen molar-refractivity contribution in [2.24, 2.45) is 5.10 Å². The van der Waals surface area contributed by atoms with Gasteiger partial charge in [-0.1, -0.05) is 17.7 Å². The van der Waals surface area contributed by atoms with Gasteiger partial charge in [0, 0.05) is 27.4 Å². The summed E-state index contributed by atoms with van der Waals surface area (Å²) in [6, 6.07) is 11.9.